The second-order valence-electron chi connectivity index (χ2n) is 4.39. The molecule has 1 aromatic heterocycles. The number of piperidine rings is 1. The van der Waals surface area contributed by atoms with Crippen LogP contribution in [0.5, 0.6) is 0 Å². The zero-order valence-electron chi connectivity index (χ0n) is 10.1. The maximum absolute atomic E-state index is 12.2. The summed E-state index contributed by atoms with van der Waals surface area (Å²) in [4.78, 5) is 25.7. The lowest BCUT2D eigenvalue weighted by atomic mass is 10.1. The average molecular weight is 287 g/mol. The summed E-state index contributed by atoms with van der Waals surface area (Å²) in [6.07, 6.45) is 1.84. The number of nitrogens with zero attached hydrogens (tertiary/aromatic N) is 1. The van der Waals surface area contributed by atoms with E-state index in [-0.39, 0.29) is 17.9 Å². The van der Waals surface area contributed by atoms with Gasteiger partial charge in [-0.2, -0.15) is 0 Å². The summed E-state index contributed by atoms with van der Waals surface area (Å²) in [7, 11) is 0. The molecule has 0 bridgehead atoms. The Balaban J connectivity index is 2.00. The van der Waals surface area contributed by atoms with Crippen LogP contribution < -0.4 is 5.32 Å². The van der Waals surface area contributed by atoms with E-state index in [0.29, 0.717) is 15.8 Å². The molecule has 1 aromatic rings. The number of hydrogen-bond donors (Lipinski definition) is 1. The first kappa shape index (κ1) is 13.4. The van der Waals surface area contributed by atoms with Crippen LogP contribution in [0.15, 0.2) is 12.1 Å². The summed E-state index contributed by atoms with van der Waals surface area (Å²) in [5.41, 5.74) is 0. The van der Waals surface area contributed by atoms with Gasteiger partial charge in [-0.25, -0.2) is 0 Å². The maximum Gasteiger partial charge on any atom is 0.264 e. The molecule has 6 heteroatoms. The minimum Gasteiger partial charge on any atom is -0.352 e. The molecular weight excluding hydrogens is 272 g/mol. The molecule has 2 heterocycles. The number of halogens is 1. The summed E-state index contributed by atoms with van der Waals surface area (Å²) in [5.74, 6) is -0.0459. The second kappa shape index (κ2) is 5.71. The van der Waals surface area contributed by atoms with Gasteiger partial charge in [0.2, 0.25) is 5.91 Å². The van der Waals surface area contributed by atoms with Gasteiger partial charge in [0, 0.05) is 26.1 Å². The van der Waals surface area contributed by atoms with Gasteiger partial charge in [0.05, 0.1) is 9.21 Å². The number of amides is 2. The van der Waals surface area contributed by atoms with Crippen LogP contribution >= 0.6 is 22.9 Å². The normalized spacial score (nSPS) is 19.7. The monoisotopic (exact) mass is 286 g/mol. The highest BCUT2D eigenvalue weighted by Crippen LogP contribution is 2.24. The van der Waals surface area contributed by atoms with E-state index in [1.54, 1.807) is 17.0 Å². The average Bonchev–Trinajstić information content (AvgIpc) is 2.74. The molecule has 0 spiro atoms. The van der Waals surface area contributed by atoms with Crippen LogP contribution in [0.4, 0.5) is 0 Å². The summed E-state index contributed by atoms with van der Waals surface area (Å²) < 4.78 is 0.619. The number of nitrogens with one attached hydrogen (secondary N) is 1. The van der Waals surface area contributed by atoms with Gasteiger partial charge in [0.25, 0.3) is 5.91 Å². The van der Waals surface area contributed by atoms with E-state index in [4.69, 9.17) is 11.6 Å². The molecule has 1 aliphatic heterocycles. The molecule has 18 heavy (non-hydrogen) atoms. The van der Waals surface area contributed by atoms with Gasteiger partial charge >= 0.3 is 0 Å². The Morgan fingerprint density at radius 3 is 2.89 bits per heavy atom. The largest absolute Gasteiger partial charge is 0.352 e. The first-order valence-corrected chi connectivity index (χ1v) is 7.07. The third-order valence-electron chi connectivity index (χ3n) is 2.90. The Morgan fingerprint density at radius 1 is 1.50 bits per heavy atom. The Bertz CT molecular complexity index is 461. The molecule has 98 valence electrons. The summed E-state index contributed by atoms with van der Waals surface area (Å²) in [6, 6.07) is 3.54. The Hall–Kier alpha value is -1.07. The quantitative estimate of drug-likeness (QED) is 0.905. The van der Waals surface area contributed by atoms with E-state index in [2.05, 4.69) is 5.32 Å². The number of thiophene rings is 1. The summed E-state index contributed by atoms with van der Waals surface area (Å²) in [5, 5.41) is 2.87. The van der Waals surface area contributed by atoms with E-state index in [9.17, 15) is 9.59 Å². The standard InChI is InChI=1S/C12H15ClN2O2S/c1-8(16)14-9-3-2-6-15(7-9)12(17)10-4-5-11(13)18-10/h4-5,9H,2-3,6-7H2,1H3,(H,14,16). The van der Waals surface area contributed by atoms with Crippen molar-refractivity contribution >= 4 is 34.8 Å². The zero-order chi connectivity index (χ0) is 13.1. The van der Waals surface area contributed by atoms with Crippen LogP contribution in [0.2, 0.25) is 4.34 Å². The fourth-order valence-corrected chi connectivity index (χ4v) is 3.16. The number of carbonyl (C=O) groups excluding carboxylic acids is 2. The van der Waals surface area contributed by atoms with E-state index < -0.39 is 0 Å². The van der Waals surface area contributed by atoms with Crippen molar-refractivity contribution in [3.8, 4) is 0 Å². The third kappa shape index (κ3) is 3.23. The maximum atomic E-state index is 12.2. The van der Waals surface area contributed by atoms with Crippen LogP contribution in [0.25, 0.3) is 0 Å². The fraction of sp³-hybridized carbons (Fsp3) is 0.500. The molecule has 1 aliphatic rings. The van der Waals surface area contributed by atoms with Crippen LogP contribution in [0.1, 0.15) is 29.4 Å². The van der Waals surface area contributed by atoms with Crippen molar-refractivity contribution in [2.75, 3.05) is 13.1 Å². The number of carbonyl (C=O) groups is 2. The predicted molar refractivity (Wildman–Crippen MR) is 72.1 cm³/mol. The minimum absolute atomic E-state index is 0.00181. The van der Waals surface area contributed by atoms with Crippen molar-refractivity contribution in [1.29, 1.82) is 0 Å². The highest BCUT2D eigenvalue weighted by Gasteiger charge is 2.25. The van der Waals surface area contributed by atoms with Crippen LogP contribution in [-0.2, 0) is 4.79 Å². The molecule has 2 rings (SSSR count). The molecule has 0 aromatic carbocycles. The SMILES string of the molecule is CC(=O)NC1CCCN(C(=O)c2ccc(Cl)s2)C1. The molecule has 0 aliphatic carbocycles. The molecule has 1 unspecified atom stereocenters. The Kier molecular flexibility index (Phi) is 4.24. The van der Waals surface area contributed by atoms with Crippen LogP contribution in [0.3, 0.4) is 0 Å². The Labute approximate surface area is 115 Å². The van der Waals surface area contributed by atoms with E-state index in [1.807, 2.05) is 0 Å². The van der Waals surface area contributed by atoms with E-state index in [1.165, 1.54) is 18.3 Å². The van der Waals surface area contributed by atoms with Crippen LogP contribution in [-0.4, -0.2) is 35.8 Å². The molecule has 1 N–H and O–H groups in total. The molecular formula is C12H15ClN2O2S. The van der Waals surface area contributed by atoms with E-state index >= 15 is 0 Å². The molecule has 4 nitrogen and oxygen atoms in total. The number of rotatable bonds is 2. The fourth-order valence-electron chi connectivity index (χ4n) is 2.15. The first-order chi connectivity index (χ1) is 8.56. The molecule has 1 saturated heterocycles. The smallest absolute Gasteiger partial charge is 0.264 e. The summed E-state index contributed by atoms with van der Waals surface area (Å²) >= 11 is 7.12. The molecule has 1 atom stereocenters. The van der Waals surface area contributed by atoms with Gasteiger partial charge in [0.1, 0.15) is 0 Å². The zero-order valence-corrected chi connectivity index (χ0v) is 11.7. The van der Waals surface area contributed by atoms with Gasteiger partial charge in [-0.3, -0.25) is 9.59 Å². The number of likely N-dealkylation sites (tertiary alicyclic amines) is 1. The molecule has 0 saturated carbocycles. The highest BCUT2D eigenvalue weighted by atomic mass is 35.5. The lowest BCUT2D eigenvalue weighted by Crippen LogP contribution is -2.49. The highest BCUT2D eigenvalue weighted by molar-refractivity contribution is 7.17. The lowest BCUT2D eigenvalue weighted by Gasteiger charge is -2.32. The van der Waals surface area contributed by atoms with Gasteiger partial charge in [-0.1, -0.05) is 11.6 Å². The lowest BCUT2D eigenvalue weighted by molar-refractivity contribution is -0.120. The van der Waals surface area contributed by atoms with Crippen LogP contribution in [0, 0.1) is 0 Å². The molecule has 2 amide bonds. The van der Waals surface area contributed by atoms with Gasteiger partial charge in [-0.05, 0) is 25.0 Å². The van der Waals surface area contributed by atoms with Gasteiger partial charge < -0.3 is 10.2 Å². The minimum atomic E-state index is -0.0477. The third-order valence-corrected chi connectivity index (χ3v) is 4.12. The number of hydrogen-bond acceptors (Lipinski definition) is 3. The molecule has 0 radical (unpaired) electrons. The first-order valence-electron chi connectivity index (χ1n) is 5.88. The van der Waals surface area contributed by atoms with Gasteiger partial charge in [0.15, 0.2) is 0 Å². The van der Waals surface area contributed by atoms with Crippen molar-refractivity contribution in [1.82, 2.24) is 10.2 Å². The topological polar surface area (TPSA) is 49.4 Å². The second-order valence-corrected chi connectivity index (χ2v) is 6.11. The molecule has 1 fully saturated rings. The van der Waals surface area contributed by atoms with Crippen molar-refractivity contribution in [2.45, 2.75) is 25.8 Å². The Morgan fingerprint density at radius 2 is 2.28 bits per heavy atom. The van der Waals surface area contributed by atoms with E-state index in [0.717, 1.165) is 19.4 Å². The van der Waals surface area contributed by atoms with Crippen molar-refractivity contribution in [3.63, 3.8) is 0 Å². The van der Waals surface area contributed by atoms with Crippen molar-refractivity contribution < 1.29 is 9.59 Å². The van der Waals surface area contributed by atoms with Crippen molar-refractivity contribution in [3.05, 3.63) is 21.3 Å². The van der Waals surface area contributed by atoms with Gasteiger partial charge in [-0.15, -0.1) is 11.3 Å². The van der Waals surface area contributed by atoms with Crippen molar-refractivity contribution in [2.24, 2.45) is 0 Å². The summed E-state index contributed by atoms with van der Waals surface area (Å²) in [6.45, 7) is 2.82. The predicted octanol–water partition coefficient (Wildman–Crippen LogP) is 2.14.